The lowest BCUT2D eigenvalue weighted by molar-refractivity contribution is 0.0714. The van der Waals surface area contributed by atoms with E-state index >= 15 is 0 Å². The van der Waals surface area contributed by atoms with Crippen LogP contribution in [0, 0.1) is 6.92 Å². The number of halogens is 2. The van der Waals surface area contributed by atoms with Crippen molar-refractivity contribution in [3.63, 3.8) is 0 Å². The maximum absolute atomic E-state index is 13.6. The lowest BCUT2D eigenvalue weighted by atomic mass is 9.98. The highest BCUT2D eigenvalue weighted by Crippen LogP contribution is 2.39. The molecular weight excluding hydrogens is 480 g/mol. The zero-order valence-electron chi connectivity index (χ0n) is 16.4. The summed E-state index contributed by atoms with van der Waals surface area (Å²) >= 11 is 9.72. The second-order valence-electron chi connectivity index (χ2n) is 7.52. The number of fused-ring (bicyclic) bond motifs is 2. The summed E-state index contributed by atoms with van der Waals surface area (Å²) in [6.07, 6.45) is 3.39. The van der Waals surface area contributed by atoms with Gasteiger partial charge in [0, 0.05) is 28.4 Å². The largest absolute Gasteiger partial charge is 0.450 e. The molecule has 0 N–H and O–H groups in total. The number of carbonyl (C=O) groups is 1. The van der Waals surface area contributed by atoms with E-state index in [1.165, 1.54) is 0 Å². The van der Waals surface area contributed by atoms with E-state index < -0.39 is 6.04 Å². The quantitative estimate of drug-likeness (QED) is 0.368. The molecule has 1 aliphatic rings. The van der Waals surface area contributed by atoms with Gasteiger partial charge in [0.1, 0.15) is 5.58 Å². The molecule has 0 radical (unpaired) electrons. The van der Waals surface area contributed by atoms with Crippen LogP contribution in [0.3, 0.4) is 0 Å². The number of hydrogen-bond acceptors (Lipinski definition) is 4. The Morgan fingerprint density at radius 2 is 1.94 bits per heavy atom. The minimum Gasteiger partial charge on any atom is -0.450 e. The Morgan fingerprint density at radius 1 is 1.16 bits per heavy atom. The van der Waals surface area contributed by atoms with E-state index in [0.29, 0.717) is 28.1 Å². The van der Waals surface area contributed by atoms with Crippen LogP contribution in [0.5, 0.6) is 0 Å². The summed E-state index contributed by atoms with van der Waals surface area (Å²) < 4.78 is 6.91. The van der Waals surface area contributed by atoms with Gasteiger partial charge in [0.2, 0.25) is 5.76 Å². The van der Waals surface area contributed by atoms with Crippen LogP contribution >= 0.6 is 27.5 Å². The first-order valence-electron chi connectivity index (χ1n) is 9.66. The van der Waals surface area contributed by atoms with Crippen LogP contribution in [0.4, 0.5) is 0 Å². The van der Waals surface area contributed by atoms with Gasteiger partial charge in [0.25, 0.3) is 5.91 Å². The molecule has 3 heterocycles. The molecule has 0 bridgehead atoms. The van der Waals surface area contributed by atoms with Crippen molar-refractivity contribution in [1.82, 2.24) is 9.88 Å². The molecule has 5 nitrogen and oxygen atoms in total. The maximum atomic E-state index is 13.6. The average Bonchev–Trinajstić information content (AvgIpc) is 3.03. The molecule has 31 heavy (non-hydrogen) atoms. The number of benzene rings is 2. The number of pyridine rings is 1. The first-order chi connectivity index (χ1) is 14.9. The highest BCUT2D eigenvalue weighted by molar-refractivity contribution is 9.10. The summed E-state index contributed by atoms with van der Waals surface area (Å²) in [6.45, 7) is 2.13. The first-order valence-corrected chi connectivity index (χ1v) is 10.8. The van der Waals surface area contributed by atoms with Crippen molar-refractivity contribution in [3.05, 3.63) is 109 Å². The molecule has 154 valence electrons. The molecule has 5 rings (SSSR count). The number of aryl methyl sites for hydroxylation is 1. The summed E-state index contributed by atoms with van der Waals surface area (Å²) in [5.41, 5.74) is 2.92. The van der Waals surface area contributed by atoms with Crippen LogP contribution in [-0.2, 0) is 6.54 Å². The molecule has 1 atom stereocenters. The van der Waals surface area contributed by atoms with Gasteiger partial charge in [0.05, 0.1) is 17.0 Å². The van der Waals surface area contributed by atoms with Crippen molar-refractivity contribution in [2.24, 2.45) is 0 Å². The van der Waals surface area contributed by atoms with Gasteiger partial charge in [0.15, 0.2) is 5.43 Å². The van der Waals surface area contributed by atoms with E-state index in [2.05, 4.69) is 20.9 Å². The molecule has 0 fully saturated rings. The van der Waals surface area contributed by atoms with Crippen molar-refractivity contribution in [1.29, 1.82) is 0 Å². The summed E-state index contributed by atoms with van der Waals surface area (Å²) in [5.74, 6) is -0.241. The number of hydrogen-bond donors (Lipinski definition) is 0. The molecule has 7 heteroatoms. The van der Waals surface area contributed by atoms with Gasteiger partial charge in [-0.2, -0.15) is 0 Å². The Labute approximate surface area is 191 Å². The molecular formula is C24H16BrClN2O3. The third-order valence-corrected chi connectivity index (χ3v) is 6.44. The van der Waals surface area contributed by atoms with E-state index in [4.69, 9.17) is 16.0 Å². The summed E-state index contributed by atoms with van der Waals surface area (Å²) in [7, 11) is 0. The zero-order chi connectivity index (χ0) is 21.7. The average molecular weight is 496 g/mol. The highest BCUT2D eigenvalue weighted by Gasteiger charge is 2.42. The summed E-state index contributed by atoms with van der Waals surface area (Å²) in [5, 5.41) is 0.851. The standard InChI is InChI=1S/C24H16BrClN2O3/c1-13-9-19-17(10-18(13)26)22(29)20-21(15-4-6-16(25)7-5-15)28(24(30)23(20)31-19)12-14-3-2-8-27-11-14/h2-11,21H,12H2,1H3/t21-/m0/s1. The van der Waals surface area contributed by atoms with Crippen molar-refractivity contribution in [3.8, 4) is 0 Å². The minimum atomic E-state index is -0.573. The molecule has 0 saturated carbocycles. The minimum absolute atomic E-state index is 0.0797. The summed E-state index contributed by atoms with van der Waals surface area (Å²) in [4.78, 5) is 32.8. The molecule has 2 aromatic heterocycles. The highest BCUT2D eigenvalue weighted by atomic mass is 79.9. The predicted molar refractivity (Wildman–Crippen MR) is 122 cm³/mol. The molecule has 0 unspecified atom stereocenters. The smallest absolute Gasteiger partial charge is 0.291 e. The molecule has 0 spiro atoms. The lowest BCUT2D eigenvalue weighted by Crippen LogP contribution is -2.29. The maximum Gasteiger partial charge on any atom is 0.291 e. The van der Waals surface area contributed by atoms with E-state index in [-0.39, 0.29) is 17.1 Å². The topological polar surface area (TPSA) is 63.4 Å². The monoisotopic (exact) mass is 494 g/mol. The zero-order valence-corrected chi connectivity index (χ0v) is 18.8. The van der Waals surface area contributed by atoms with Gasteiger partial charge in [-0.05, 0) is 53.9 Å². The van der Waals surface area contributed by atoms with Gasteiger partial charge in [-0.15, -0.1) is 0 Å². The van der Waals surface area contributed by atoms with Crippen molar-refractivity contribution in [2.45, 2.75) is 19.5 Å². The van der Waals surface area contributed by atoms with Crippen molar-refractivity contribution >= 4 is 44.4 Å². The van der Waals surface area contributed by atoms with E-state index in [1.807, 2.05) is 43.3 Å². The van der Waals surface area contributed by atoms with Crippen molar-refractivity contribution < 1.29 is 9.21 Å². The first kappa shape index (κ1) is 20.0. The van der Waals surface area contributed by atoms with E-state index in [9.17, 15) is 9.59 Å². The molecule has 4 aromatic rings. The SMILES string of the molecule is Cc1cc2oc3c(c(=O)c2cc1Cl)[C@H](c1ccc(Br)cc1)N(Cc1cccnc1)C3=O. The van der Waals surface area contributed by atoms with Crippen LogP contribution in [-0.4, -0.2) is 15.8 Å². The van der Waals surface area contributed by atoms with E-state index in [1.54, 1.807) is 29.4 Å². The number of rotatable bonds is 3. The van der Waals surface area contributed by atoms with E-state index in [0.717, 1.165) is 21.2 Å². The summed E-state index contributed by atoms with van der Waals surface area (Å²) in [6, 6.07) is 14.0. The number of carbonyl (C=O) groups excluding carboxylic acids is 1. The normalized spacial score (nSPS) is 15.5. The number of amides is 1. The molecule has 1 amide bonds. The Hall–Kier alpha value is -2.96. The van der Waals surface area contributed by atoms with Gasteiger partial charge < -0.3 is 9.32 Å². The van der Waals surface area contributed by atoms with Crippen LogP contribution in [0.15, 0.2) is 74.6 Å². The molecule has 2 aromatic carbocycles. The molecule has 0 aliphatic carbocycles. The third-order valence-electron chi connectivity index (χ3n) is 5.51. The Balaban J connectivity index is 1.75. The lowest BCUT2D eigenvalue weighted by Gasteiger charge is -2.25. The van der Waals surface area contributed by atoms with Gasteiger partial charge in [-0.1, -0.05) is 45.7 Å². The fourth-order valence-electron chi connectivity index (χ4n) is 3.98. The van der Waals surface area contributed by atoms with Gasteiger partial charge >= 0.3 is 0 Å². The van der Waals surface area contributed by atoms with Gasteiger partial charge in [-0.3, -0.25) is 14.6 Å². The van der Waals surface area contributed by atoms with Crippen molar-refractivity contribution in [2.75, 3.05) is 0 Å². The fraction of sp³-hybridized carbons (Fsp3) is 0.125. The van der Waals surface area contributed by atoms with Crippen LogP contribution < -0.4 is 5.43 Å². The van der Waals surface area contributed by atoms with Crippen LogP contribution in [0.2, 0.25) is 5.02 Å². The van der Waals surface area contributed by atoms with Crippen LogP contribution in [0.25, 0.3) is 11.0 Å². The van der Waals surface area contributed by atoms with Crippen LogP contribution in [0.1, 0.15) is 38.9 Å². The van der Waals surface area contributed by atoms with Gasteiger partial charge in [-0.25, -0.2) is 0 Å². The number of aromatic nitrogens is 1. The second kappa shape index (κ2) is 7.62. The molecule has 1 aliphatic heterocycles. The molecule has 0 saturated heterocycles. The predicted octanol–water partition coefficient (Wildman–Crippen LogP) is 5.66. The number of nitrogens with zero attached hydrogens (tertiary/aromatic N) is 2. The third kappa shape index (κ3) is 3.36. The Morgan fingerprint density at radius 3 is 2.65 bits per heavy atom. The Kier molecular flexibility index (Phi) is 4.91. The second-order valence-corrected chi connectivity index (χ2v) is 8.84. The Bertz CT molecular complexity index is 1380. The fourth-order valence-corrected chi connectivity index (χ4v) is 4.41.